The molecule has 21 heavy (non-hydrogen) atoms. The van der Waals surface area contributed by atoms with Gasteiger partial charge in [-0.1, -0.05) is 12.1 Å². The molecule has 2 rings (SSSR count). The lowest BCUT2D eigenvalue weighted by molar-refractivity contribution is -0.150. The van der Waals surface area contributed by atoms with Gasteiger partial charge in [0, 0.05) is 13.8 Å². The summed E-state index contributed by atoms with van der Waals surface area (Å²) in [4.78, 5) is 34.8. The third kappa shape index (κ3) is 3.21. The van der Waals surface area contributed by atoms with Gasteiger partial charge >= 0.3 is 11.9 Å². The number of rotatable bonds is 4. The number of Topliss-reactive ketones (excluding diaryl/α,β-unsaturated/α-hetero) is 1. The van der Waals surface area contributed by atoms with Gasteiger partial charge in [0.05, 0.1) is 5.56 Å². The third-order valence-electron chi connectivity index (χ3n) is 3.22. The van der Waals surface area contributed by atoms with E-state index in [1.165, 1.54) is 13.8 Å². The number of hydrogen-bond acceptors (Lipinski definition) is 6. The standard InChI is InChI=1S/C15H16O6/c1-10(16)19-7-15(8-20-11(2)17)9-21-13-6-4-3-5-12(13)14(15)18/h3-6H,7-9H2,1-2H3. The summed E-state index contributed by atoms with van der Waals surface area (Å²) in [7, 11) is 0. The Kier molecular flexibility index (Phi) is 4.26. The molecule has 0 N–H and O–H groups in total. The maximum absolute atomic E-state index is 12.7. The summed E-state index contributed by atoms with van der Waals surface area (Å²) in [6, 6.07) is 6.80. The molecule has 0 atom stereocenters. The molecule has 1 aliphatic rings. The van der Waals surface area contributed by atoms with Gasteiger partial charge in [-0.25, -0.2) is 0 Å². The molecule has 1 aliphatic heterocycles. The lowest BCUT2D eigenvalue weighted by Gasteiger charge is -2.35. The average Bonchev–Trinajstić information content (AvgIpc) is 2.46. The highest BCUT2D eigenvalue weighted by Crippen LogP contribution is 2.35. The fraction of sp³-hybridized carbons (Fsp3) is 0.400. The van der Waals surface area contributed by atoms with Crippen LogP contribution in [0.3, 0.4) is 0 Å². The van der Waals surface area contributed by atoms with Gasteiger partial charge in [0.15, 0.2) is 5.78 Å². The Bertz CT molecular complexity index is 559. The second-order valence-corrected chi connectivity index (χ2v) is 4.95. The zero-order valence-electron chi connectivity index (χ0n) is 11.9. The van der Waals surface area contributed by atoms with E-state index in [0.29, 0.717) is 11.3 Å². The lowest BCUT2D eigenvalue weighted by Crippen LogP contribution is -2.48. The molecule has 1 aromatic rings. The minimum atomic E-state index is -1.20. The van der Waals surface area contributed by atoms with Gasteiger partial charge in [-0.2, -0.15) is 0 Å². The van der Waals surface area contributed by atoms with E-state index < -0.39 is 17.4 Å². The van der Waals surface area contributed by atoms with E-state index >= 15 is 0 Å². The third-order valence-corrected chi connectivity index (χ3v) is 3.22. The van der Waals surface area contributed by atoms with Crippen molar-refractivity contribution in [3.63, 3.8) is 0 Å². The summed E-state index contributed by atoms with van der Waals surface area (Å²) in [5.41, 5.74) is -0.811. The fourth-order valence-electron chi connectivity index (χ4n) is 2.08. The monoisotopic (exact) mass is 292 g/mol. The Hall–Kier alpha value is -2.37. The van der Waals surface area contributed by atoms with Crippen molar-refractivity contribution in [3.05, 3.63) is 29.8 Å². The minimum Gasteiger partial charge on any atom is -0.491 e. The van der Waals surface area contributed by atoms with Crippen LogP contribution in [0.25, 0.3) is 0 Å². The van der Waals surface area contributed by atoms with Crippen LogP contribution in [-0.4, -0.2) is 37.5 Å². The fourth-order valence-corrected chi connectivity index (χ4v) is 2.08. The van der Waals surface area contributed by atoms with E-state index in [4.69, 9.17) is 14.2 Å². The molecule has 0 bridgehead atoms. The van der Waals surface area contributed by atoms with E-state index in [9.17, 15) is 14.4 Å². The summed E-state index contributed by atoms with van der Waals surface area (Å²) in [5.74, 6) is -0.802. The van der Waals surface area contributed by atoms with Gasteiger partial charge < -0.3 is 14.2 Å². The van der Waals surface area contributed by atoms with E-state index in [1.807, 2.05) is 0 Å². The van der Waals surface area contributed by atoms with Crippen LogP contribution in [-0.2, 0) is 19.1 Å². The zero-order valence-corrected chi connectivity index (χ0v) is 11.9. The van der Waals surface area contributed by atoms with Crippen molar-refractivity contribution < 1.29 is 28.6 Å². The highest BCUT2D eigenvalue weighted by Gasteiger charge is 2.46. The van der Waals surface area contributed by atoms with Crippen molar-refractivity contribution in [3.8, 4) is 5.75 Å². The molecule has 6 heteroatoms. The van der Waals surface area contributed by atoms with Gasteiger partial charge in [-0.05, 0) is 12.1 Å². The molecule has 0 spiro atoms. The summed E-state index contributed by atoms with van der Waals surface area (Å²) < 4.78 is 15.5. The van der Waals surface area contributed by atoms with Crippen LogP contribution in [0.5, 0.6) is 5.75 Å². The molecule has 0 aliphatic carbocycles. The highest BCUT2D eigenvalue weighted by atomic mass is 16.6. The first-order valence-electron chi connectivity index (χ1n) is 6.48. The molecular weight excluding hydrogens is 276 g/mol. The maximum atomic E-state index is 12.7. The summed E-state index contributed by atoms with van der Waals surface area (Å²) >= 11 is 0. The Balaban J connectivity index is 2.29. The number of benzene rings is 1. The number of ketones is 1. The van der Waals surface area contributed by atoms with Crippen LogP contribution < -0.4 is 4.74 Å². The first-order chi connectivity index (χ1) is 9.94. The summed E-state index contributed by atoms with van der Waals surface area (Å²) in [5, 5.41) is 0. The predicted molar refractivity (Wildman–Crippen MR) is 72.0 cm³/mol. The van der Waals surface area contributed by atoms with E-state index in [2.05, 4.69) is 0 Å². The minimum absolute atomic E-state index is 0.0105. The van der Waals surface area contributed by atoms with E-state index in [0.717, 1.165) is 0 Å². The normalized spacial score (nSPS) is 15.6. The number of carbonyl (C=O) groups is 3. The Morgan fingerprint density at radius 2 is 1.71 bits per heavy atom. The smallest absolute Gasteiger partial charge is 0.302 e. The first-order valence-corrected chi connectivity index (χ1v) is 6.48. The number of para-hydroxylation sites is 1. The largest absolute Gasteiger partial charge is 0.491 e. The van der Waals surface area contributed by atoms with Crippen molar-refractivity contribution in [2.45, 2.75) is 13.8 Å². The summed E-state index contributed by atoms with van der Waals surface area (Å²) in [6.07, 6.45) is 0. The summed E-state index contributed by atoms with van der Waals surface area (Å²) in [6.45, 7) is 2.11. The molecular formula is C15H16O6. The molecule has 1 aromatic carbocycles. The molecule has 112 valence electrons. The van der Waals surface area contributed by atoms with Crippen LogP contribution in [0.15, 0.2) is 24.3 Å². The molecule has 0 saturated carbocycles. The van der Waals surface area contributed by atoms with Gasteiger partial charge in [-0.3, -0.25) is 14.4 Å². The molecule has 0 fully saturated rings. The molecule has 0 saturated heterocycles. The van der Waals surface area contributed by atoms with E-state index in [1.54, 1.807) is 24.3 Å². The van der Waals surface area contributed by atoms with Crippen molar-refractivity contribution in [2.75, 3.05) is 19.8 Å². The SMILES string of the molecule is CC(=O)OCC1(COC(C)=O)COc2ccccc2C1=O. The van der Waals surface area contributed by atoms with Crippen LogP contribution in [0.4, 0.5) is 0 Å². The van der Waals surface area contributed by atoms with Crippen LogP contribution in [0.2, 0.25) is 0 Å². The first kappa shape index (κ1) is 15.0. The zero-order chi connectivity index (χ0) is 15.5. The maximum Gasteiger partial charge on any atom is 0.302 e. The van der Waals surface area contributed by atoms with Gasteiger partial charge in [0.2, 0.25) is 0 Å². The van der Waals surface area contributed by atoms with Crippen molar-refractivity contribution in [1.82, 2.24) is 0 Å². The molecule has 0 amide bonds. The predicted octanol–water partition coefficient (Wildman–Crippen LogP) is 1.37. The Labute approximate surface area is 122 Å². The highest BCUT2D eigenvalue weighted by molar-refractivity contribution is 6.04. The lowest BCUT2D eigenvalue weighted by atomic mass is 9.80. The second-order valence-electron chi connectivity index (χ2n) is 4.95. The molecule has 1 heterocycles. The number of carbonyl (C=O) groups excluding carboxylic acids is 3. The quantitative estimate of drug-likeness (QED) is 0.780. The van der Waals surface area contributed by atoms with Crippen molar-refractivity contribution in [1.29, 1.82) is 0 Å². The van der Waals surface area contributed by atoms with Crippen LogP contribution >= 0.6 is 0 Å². The van der Waals surface area contributed by atoms with Crippen molar-refractivity contribution >= 4 is 17.7 Å². The second kappa shape index (κ2) is 5.95. The Morgan fingerprint density at radius 3 is 2.29 bits per heavy atom. The van der Waals surface area contributed by atoms with Gasteiger partial charge in [-0.15, -0.1) is 0 Å². The van der Waals surface area contributed by atoms with Crippen molar-refractivity contribution in [2.24, 2.45) is 5.41 Å². The average molecular weight is 292 g/mol. The molecule has 6 nitrogen and oxygen atoms in total. The number of fused-ring (bicyclic) bond motifs is 1. The topological polar surface area (TPSA) is 78.9 Å². The van der Waals surface area contributed by atoms with E-state index in [-0.39, 0.29) is 25.6 Å². The molecule has 0 aromatic heterocycles. The molecule has 0 radical (unpaired) electrons. The van der Waals surface area contributed by atoms with Crippen LogP contribution in [0.1, 0.15) is 24.2 Å². The van der Waals surface area contributed by atoms with Gasteiger partial charge in [0.1, 0.15) is 31.0 Å². The number of ether oxygens (including phenoxy) is 3. The van der Waals surface area contributed by atoms with Gasteiger partial charge in [0.25, 0.3) is 0 Å². The number of esters is 2. The van der Waals surface area contributed by atoms with Crippen LogP contribution in [0, 0.1) is 5.41 Å². The number of hydrogen-bond donors (Lipinski definition) is 0. The molecule has 0 unspecified atom stereocenters. The Morgan fingerprint density at radius 1 is 1.14 bits per heavy atom.